The Morgan fingerprint density at radius 3 is 2.77 bits per heavy atom. The van der Waals surface area contributed by atoms with Gasteiger partial charge in [0.25, 0.3) is 0 Å². The molecular formula is C14H16ClN3O4. The number of hydrogen-bond acceptors (Lipinski definition) is 4. The predicted octanol–water partition coefficient (Wildman–Crippen LogP) is 1.52. The van der Waals surface area contributed by atoms with Crippen LogP contribution in [-0.2, 0) is 9.59 Å². The molecule has 0 spiro atoms. The number of nitrogens with one attached hydrogen (secondary N) is 3. The number of halogens is 1. The van der Waals surface area contributed by atoms with E-state index >= 15 is 0 Å². The van der Waals surface area contributed by atoms with Crippen LogP contribution >= 0.6 is 11.6 Å². The number of carbonyl (C=O) groups is 3. The molecule has 0 bridgehead atoms. The molecule has 1 saturated heterocycles. The standard InChI is InChI=1S/C14H16ClN3O4/c1-7-9(13(20)18-14(21)16-7)6-12(19)17-10-5-8(15)3-4-11(10)22-2/h3-5,7,9H,6H2,1-2H3,(H,17,19)(H2,16,18,20,21). The number of benzene rings is 1. The lowest BCUT2D eigenvalue weighted by atomic mass is 9.94. The maximum atomic E-state index is 12.1. The Morgan fingerprint density at radius 2 is 2.14 bits per heavy atom. The van der Waals surface area contributed by atoms with Gasteiger partial charge in [-0.1, -0.05) is 11.6 Å². The van der Waals surface area contributed by atoms with Crippen molar-refractivity contribution in [3.05, 3.63) is 23.2 Å². The highest BCUT2D eigenvalue weighted by Gasteiger charge is 2.34. The molecule has 118 valence electrons. The molecule has 7 nitrogen and oxygen atoms in total. The van der Waals surface area contributed by atoms with Gasteiger partial charge in [0.15, 0.2) is 0 Å². The van der Waals surface area contributed by atoms with Crippen molar-refractivity contribution in [2.45, 2.75) is 19.4 Å². The van der Waals surface area contributed by atoms with Crippen LogP contribution < -0.4 is 20.7 Å². The summed E-state index contributed by atoms with van der Waals surface area (Å²) in [6.45, 7) is 1.68. The molecule has 1 aromatic rings. The van der Waals surface area contributed by atoms with Crippen molar-refractivity contribution in [3.63, 3.8) is 0 Å². The second-order valence-corrected chi connectivity index (χ2v) is 5.39. The molecule has 1 aliphatic rings. The number of anilines is 1. The van der Waals surface area contributed by atoms with Crippen LogP contribution in [0.2, 0.25) is 5.02 Å². The van der Waals surface area contributed by atoms with Crippen LogP contribution in [0.15, 0.2) is 18.2 Å². The van der Waals surface area contributed by atoms with E-state index < -0.39 is 23.9 Å². The van der Waals surface area contributed by atoms with E-state index in [0.29, 0.717) is 16.5 Å². The SMILES string of the molecule is COc1ccc(Cl)cc1NC(=O)CC1C(=O)NC(=O)NC1C. The molecule has 4 amide bonds. The van der Waals surface area contributed by atoms with Crippen molar-refractivity contribution in [3.8, 4) is 5.75 Å². The van der Waals surface area contributed by atoms with E-state index in [4.69, 9.17) is 16.3 Å². The normalized spacial score (nSPS) is 20.9. The fourth-order valence-corrected chi connectivity index (χ4v) is 2.40. The van der Waals surface area contributed by atoms with Gasteiger partial charge < -0.3 is 15.4 Å². The average Bonchev–Trinajstić information content (AvgIpc) is 2.43. The molecule has 0 aliphatic carbocycles. The maximum Gasteiger partial charge on any atom is 0.321 e. The fourth-order valence-electron chi connectivity index (χ4n) is 2.22. The van der Waals surface area contributed by atoms with Gasteiger partial charge in [0.05, 0.1) is 18.7 Å². The van der Waals surface area contributed by atoms with Gasteiger partial charge >= 0.3 is 6.03 Å². The first-order valence-electron chi connectivity index (χ1n) is 6.65. The molecular weight excluding hydrogens is 310 g/mol. The summed E-state index contributed by atoms with van der Waals surface area (Å²) >= 11 is 5.89. The lowest BCUT2D eigenvalue weighted by Crippen LogP contribution is -2.57. The van der Waals surface area contributed by atoms with E-state index in [1.165, 1.54) is 7.11 Å². The molecule has 1 aromatic carbocycles. The highest BCUT2D eigenvalue weighted by atomic mass is 35.5. The highest BCUT2D eigenvalue weighted by molar-refractivity contribution is 6.31. The van der Waals surface area contributed by atoms with Gasteiger partial charge in [-0.25, -0.2) is 4.79 Å². The number of amides is 4. The lowest BCUT2D eigenvalue weighted by Gasteiger charge is -2.28. The van der Waals surface area contributed by atoms with Crippen molar-refractivity contribution < 1.29 is 19.1 Å². The lowest BCUT2D eigenvalue weighted by molar-refractivity contribution is -0.129. The van der Waals surface area contributed by atoms with Crippen LogP contribution in [0.5, 0.6) is 5.75 Å². The predicted molar refractivity (Wildman–Crippen MR) is 80.9 cm³/mol. The molecule has 2 rings (SSSR count). The van der Waals surface area contributed by atoms with E-state index in [9.17, 15) is 14.4 Å². The Balaban J connectivity index is 2.05. The smallest absolute Gasteiger partial charge is 0.321 e. The second kappa shape index (κ2) is 6.65. The molecule has 2 unspecified atom stereocenters. The van der Waals surface area contributed by atoms with E-state index in [-0.39, 0.29) is 12.3 Å². The Kier molecular flexibility index (Phi) is 4.87. The average molecular weight is 326 g/mol. The van der Waals surface area contributed by atoms with Crippen LogP contribution in [0.4, 0.5) is 10.5 Å². The molecule has 0 radical (unpaired) electrons. The third-order valence-corrected chi connectivity index (χ3v) is 3.61. The van der Waals surface area contributed by atoms with Gasteiger partial charge in [-0.3, -0.25) is 14.9 Å². The fraction of sp³-hybridized carbons (Fsp3) is 0.357. The van der Waals surface area contributed by atoms with Crippen LogP contribution in [0, 0.1) is 5.92 Å². The summed E-state index contributed by atoms with van der Waals surface area (Å²) < 4.78 is 5.14. The number of ether oxygens (including phenoxy) is 1. The first kappa shape index (κ1) is 16.1. The summed E-state index contributed by atoms with van der Waals surface area (Å²) in [6, 6.07) is 3.86. The van der Waals surface area contributed by atoms with Crippen molar-refractivity contribution >= 4 is 35.1 Å². The monoisotopic (exact) mass is 325 g/mol. The number of carbonyl (C=O) groups excluding carboxylic acids is 3. The zero-order valence-electron chi connectivity index (χ0n) is 12.1. The minimum Gasteiger partial charge on any atom is -0.495 e. The Hall–Kier alpha value is -2.28. The Labute approximate surface area is 132 Å². The summed E-state index contributed by atoms with van der Waals surface area (Å²) in [5.74, 6) is -1.01. The topological polar surface area (TPSA) is 96.5 Å². The summed E-state index contributed by atoms with van der Waals surface area (Å²) in [7, 11) is 1.48. The molecule has 0 aromatic heterocycles. The third kappa shape index (κ3) is 3.67. The van der Waals surface area contributed by atoms with E-state index in [1.54, 1.807) is 25.1 Å². The van der Waals surface area contributed by atoms with Gasteiger partial charge in [0.1, 0.15) is 5.75 Å². The van der Waals surface area contributed by atoms with Gasteiger partial charge in [0, 0.05) is 17.5 Å². The van der Waals surface area contributed by atoms with Crippen molar-refractivity contribution in [1.29, 1.82) is 0 Å². The first-order valence-corrected chi connectivity index (χ1v) is 7.03. The minimum absolute atomic E-state index is 0.0665. The number of methoxy groups -OCH3 is 1. The molecule has 1 fully saturated rings. The summed E-state index contributed by atoms with van der Waals surface area (Å²) in [6.07, 6.45) is -0.0665. The molecule has 2 atom stereocenters. The third-order valence-electron chi connectivity index (χ3n) is 3.38. The largest absolute Gasteiger partial charge is 0.495 e. The number of rotatable bonds is 4. The molecule has 1 aliphatic heterocycles. The quantitative estimate of drug-likeness (QED) is 0.782. The molecule has 8 heteroatoms. The summed E-state index contributed by atoms with van der Waals surface area (Å²) in [5, 5.41) is 7.82. The van der Waals surface area contributed by atoms with Gasteiger partial charge in [-0.2, -0.15) is 0 Å². The summed E-state index contributed by atoms with van der Waals surface area (Å²) in [4.78, 5) is 35.1. The van der Waals surface area contributed by atoms with E-state index in [1.807, 2.05) is 0 Å². The van der Waals surface area contributed by atoms with Gasteiger partial charge in [-0.05, 0) is 25.1 Å². The van der Waals surface area contributed by atoms with Crippen LogP contribution in [0.1, 0.15) is 13.3 Å². The molecule has 22 heavy (non-hydrogen) atoms. The molecule has 0 saturated carbocycles. The van der Waals surface area contributed by atoms with Gasteiger partial charge in [0.2, 0.25) is 11.8 Å². The highest BCUT2D eigenvalue weighted by Crippen LogP contribution is 2.28. The van der Waals surface area contributed by atoms with Crippen LogP contribution in [0.25, 0.3) is 0 Å². The number of imide groups is 1. The minimum atomic E-state index is -0.636. The van der Waals surface area contributed by atoms with Crippen molar-refractivity contribution in [2.24, 2.45) is 5.92 Å². The molecule has 1 heterocycles. The van der Waals surface area contributed by atoms with Crippen LogP contribution in [-0.4, -0.2) is 31.0 Å². The first-order chi connectivity index (χ1) is 10.4. The van der Waals surface area contributed by atoms with Crippen molar-refractivity contribution in [2.75, 3.05) is 12.4 Å². The zero-order valence-corrected chi connectivity index (χ0v) is 12.9. The van der Waals surface area contributed by atoms with Crippen molar-refractivity contribution in [1.82, 2.24) is 10.6 Å². The number of hydrogen-bond donors (Lipinski definition) is 3. The second-order valence-electron chi connectivity index (χ2n) is 4.95. The van der Waals surface area contributed by atoms with Gasteiger partial charge in [-0.15, -0.1) is 0 Å². The Bertz CT molecular complexity index is 620. The maximum absolute atomic E-state index is 12.1. The molecule has 3 N–H and O–H groups in total. The number of urea groups is 1. The van der Waals surface area contributed by atoms with Crippen LogP contribution in [0.3, 0.4) is 0 Å². The Morgan fingerprint density at radius 1 is 1.41 bits per heavy atom. The zero-order chi connectivity index (χ0) is 16.3. The van der Waals surface area contributed by atoms with E-state index in [0.717, 1.165) is 0 Å². The summed E-state index contributed by atoms with van der Waals surface area (Å²) in [5.41, 5.74) is 0.424. The van der Waals surface area contributed by atoms with E-state index in [2.05, 4.69) is 16.0 Å².